The predicted molar refractivity (Wildman–Crippen MR) is 167 cm³/mol. The van der Waals surface area contributed by atoms with Gasteiger partial charge in [-0.1, -0.05) is 96.1 Å². The van der Waals surface area contributed by atoms with Gasteiger partial charge in [-0.05, 0) is 32.1 Å². The van der Waals surface area contributed by atoms with E-state index >= 15 is 0 Å². The van der Waals surface area contributed by atoms with E-state index in [1.807, 2.05) is 21.1 Å². The molecule has 0 fully saturated rings. The van der Waals surface area contributed by atoms with Crippen molar-refractivity contribution in [3.05, 3.63) is 12.2 Å². The van der Waals surface area contributed by atoms with Crippen LogP contribution in [0.2, 0.25) is 0 Å². The molecule has 0 aliphatic rings. The van der Waals surface area contributed by atoms with Gasteiger partial charge in [-0.15, -0.1) is 0 Å². The first-order valence-corrected chi connectivity index (χ1v) is 17.8. The minimum absolute atomic E-state index is 0.0321. The first-order valence-electron chi connectivity index (χ1n) is 16.3. The minimum Gasteiger partial charge on any atom is -0.756 e. The lowest BCUT2D eigenvalue weighted by atomic mass is 10.1. The van der Waals surface area contributed by atoms with E-state index in [0.717, 1.165) is 19.3 Å². The molecule has 0 aliphatic heterocycles. The Labute approximate surface area is 256 Å². The molecule has 0 aromatic carbocycles. The van der Waals surface area contributed by atoms with Crippen LogP contribution < -0.4 is 4.89 Å². The maximum absolute atomic E-state index is 12.3. The molecule has 0 spiro atoms. The Hall–Kier alpha value is -1.25. The second kappa shape index (κ2) is 26.2. The number of carbonyl (C=O) groups is 2. The van der Waals surface area contributed by atoms with Crippen molar-refractivity contribution < 1.29 is 42.1 Å². The first kappa shape index (κ1) is 40.8. The van der Waals surface area contributed by atoms with Crippen LogP contribution in [0.5, 0.6) is 0 Å². The Bertz CT molecular complexity index is 753. The van der Waals surface area contributed by atoms with Crippen LogP contribution >= 0.6 is 7.82 Å². The van der Waals surface area contributed by atoms with Gasteiger partial charge >= 0.3 is 11.9 Å². The van der Waals surface area contributed by atoms with Crippen LogP contribution in [-0.2, 0) is 32.7 Å². The van der Waals surface area contributed by atoms with Crippen LogP contribution in [0.1, 0.15) is 129 Å². The number of hydrogen-bond donors (Lipinski definition) is 0. The Morgan fingerprint density at radius 3 is 1.76 bits per heavy atom. The third-order valence-corrected chi connectivity index (χ3v) is 7.81. The van der Waals surface area contributed by atoms with E-state index < -0.39 is 32.5 Å². The SMILES string of the molecule is CCCCCCCC/C=C\CCCCCCCCCCCC(=O)OC(COC(C)=O)COP(=O)([O-])OCC[N+](C)(C)C. The van der Waals surface area contributed by atoms with Crippen molar-refractivity contribution in [2.75, 3.05) is 47.5 Å². The lowest BCUT2D eigenvalue weighted by Gasteiger charge is -2.28. The number of ether oxygens (including phenoxy) is 2. The molecule has 0 amide bonds. The second-order valence-corrected chi connectivity index (χ2v) is 13.7. The van der Waals surface area contributed by atoms with Gasteiger partial charge < -0.3 is 27.9 Å². The van der Waals surface area contributed by atoms with Crippen molar-refractivity contribution in [2.24, 2.45) is 0 Å². The molecular weight excluding hydrogens is 557 g/mol. The van der Waals surface area contributed by atoms with Gasteiger partial charge in [0.05, 0.1) is 27.7 Å². The molecule has 0 saturated heterocycles. The largest absolute Gasteiger partial charge is 0.756 e. The van der Waals surface area contributed by atoms with Crippen molar-refractivity contribution >= 4 is 19.8 Å². The number of esters is 2. The minimum atomic E-state index is -4.58. The molecule has 2 atom stereocenters. The third-order valence-electron chi connectivity index (χ3n) is 6.84. The molecule has 248 valence electrons. The zero-order valence-electron chi connectivity index (χ0n) is 27.4. The quantitative estimate of drug-likeness (QED) is 0.0283. The van der Waals surface area contributed by atoms with E-state index in [2.05, 4.69) is 19.1 Å². The summed E-state index contributed by atoms with van der Waals surface area (Å²) in [5.74, 6) is -1.03. The van der Waals surface area contributed by atoms with Gasteiger partial charge in [0.25, 0.3) is 7.82 Å². The van der Waals surface area contributed by atoms with E-state index in [1.54, 1.807) is 0 Å². The number of phosphoric ester groups is 1. The molecule has 0 N–H and O–H groups in total. The Balaban J connectivity index is 3.90. The predicted octanol–water partition coefficient (Wildman–Crippen LogP) is 7.27. The molecule has 0 aliphatic carbocycles. The van der Waals surface area contributed by atoms with Gasteiger partial charge in [0.2, 0.25) is 0 Å². The van der Waals surface area contributed by atoms with E-state index in [-0.39, 0.29) is 19.6 Å². The molecule has 0 bridgehead atoms. The summed E-state index contributed by atoms with van der Waals surface area (Å²) in [7, 11) is 1.16. The number of quaternary nitrogens is 1. The number of phosphoric acid groups is 1. The number of rotatable bonds is 29. The molecule has 42 heavy (non-hydrogen) atoms. The molecule has 10 heteroatoms. The van der Waals surface area contributed by atoms with Crippen LogP contribution in [0.15, 0.2) is 12.2 Å². The van der Waals surface area contributed by atoms with Crippen molar-refractivity contribution in [3.8, 4) is 0 Å². The molecule has 0 aromatic heterocycles. The van der Waals surface area contributed by atoms with Crippen molar-refractivity contribution in [3.63, 3.8) is 0 Å². The summed E-state index contributed by atoms with van der Waals surface area (Å²) in [5.41, 5.74) is 0. The number of carbonyl (C=O) groups excluding carboxylic acids is 2. The smallest absolute Gasteiger partial charge is 0.306 e. The zero-order valence-corrected chi connectivity index (χ0v) is 28.3. The fourth-order valence-corrected chi connectivity index (χ4v) is 4.99. The average Bonchev–Trinajstić information content (AvgIpc) is 2.90. The van der Waals surface area contributed by atoms with Crippen LogP contribution in [-0.4, -0.2) is 70.0 Å². The van der Waals surface area contributed by atoms with Gasteiger partial charge in [0.1, 0.15) is 19.8 Å². The van der Waals surface area contributed by atoms with Gasteiger partial charge in [-0.3, -0.25) is 14.2 Å². The van der Waals surface area contributed by atoms with Gasteiger partial charge in [0.15, 0.2) is 6.10 Å². The average molecular weight is 620 g/mol. The van der Waals surface area contributed by atoms with Crippen LogP contribution in [0.25, 0.3) is 0 Å². The summed E-state index contributed by atoms with van der Waals surface area (Å²) < 4.78 is 32.5. The van der Waals surface area contributed by atoms with Gasteiger partial charge in [0, 0.05) is 13.3 Å². The molecule has 0 radical (unpaired) electrons. The topological polar surface area (TPSA) is 111 Å². The summed E-state index contributed by atoms with van der Waals surface area (Å²) in [6, 6.07) is 0. The molecule has 0 rings (SSSR count). The van der Waals surface area contributed by atoms with Crippen LogP contribution in [0.3, 0.4) is 0 Å². The highest BCUT2D eigenvalue weighted by Crippen LogP contribution is 2.38. The summed E-state index contributed by atoms with van der Waals surface area (Å²) in [6.45, 7) is 3.17. The van der Waals surface area contributed by atoms with E-state index in [1.165, 1.54) is 90.4 Å². The van der Waals surface area contributed by atoms with Crippen LogP contribution in [0.4, 0.5) is 0 Å². The van der Waals surface area contributed by atoms with Gasteiger partial charge in [-0.2, -0.15) is 0 Å². The maximum atomic E-state index is 12.3. The highest BCUT2D eigenvalue weighted by Gasteiger charge is 2.21. The number of allylic oxidation sites excluding steroid dienone is 2. The molecule has 0 heterocycles. The van der Waals surface area contributed by atoms with E-state index in [9.17, 15) is 19.0 Å². The lowest BCUT2D eigenvalue weighted by Crippen LogP contribution is -2.37. The van der Waals surface area contributed by atoms with E-state index in [4.69, 9.17) is 18.5 Å². The molecular formula is C32H62NO8P. The molecule has 0 saturated carbocycles. The summed E-state index contributed by atoms with van der Waals surface area (Å²) >= 11 is 0. The van der Waals surface area contributed by atoms with Crippen molar-refractivity contribution in [2.45, 2.75) is 136 Å². The van der Waals surface area contributed by atoms with E-state index in [0.29, 0.717) is 17.4 Å². The first-order chi connectivity index (χ1) is 19.9. The standard InChI is InChI=1S/C32H62NO8P/c1-6-7-8-9-10-11-12-13-14-15-16-17-18-19-20-21-22-23-24-25-32(35)41-31(28-38-30(2)34)29-40-42(36,37)39-27-26-33(3,4)5/h13-14,31H,6-12,15-29H2,1-5H3/b14-13-. The number of likely N-dealkylation sites (N-methyl/N-ethyl adjacent to an activating group) is 1. The normalized spacial score (nSPS) is 14.1. The lowest BCUT2D eigenvalue weighted by molar-refractivity contribution is -0.870. The molecule has 0 aromatic rings. The number of unbranched alkanes of at least 4 members (excludes halogenated alkanes) is 15. The molecule has 9 nitrogen and oxygen atoms in total. The zero-order chi connectivity index (χ0) is 31.5. The number of hydrogen-bond acceptors (Lipinski definition) is 8. The highest BCUT2D eigenvalue weighted by molar-refractivity contribution is 7.45. The number of nitrogens with zero attached hydrogens (tertiary/aromatic N) is 1. The Kier molecular flexibility index (Phi) is 25.4. The molecule has 2 unspecified atom stereocenters. The third kappa shape index (κ3) is 30.2. The Morgan fingerprint density at radius 1 is 0.762 bits per heavy atom. The summed E-state index contributed by atoms with van der Waals surface area (Å²) in [6.07, 6.45) is 24.6. The fraction of sp³-hybridized carbons (Fsp3) is 0.875. The van der Waals surface area contributed by atoms with Crippen molar-refractivity contribution in [1.82, 2.24) is 0 Å². The summed E-state index contributed by atoms with van der Waals surface area (Å²) in [5, 5.41) is 0. The highest BCUT2D eigenvalue weighted by atomic mass is 31.2. The summed E-state index contributed by atoms with van der Waals surface area (Å²) in [4.78, 5) is 35.5. The monoisotopic (exact) mass is 619 g/mol. The van der Waals surface area contributed by atoms with Crippen LogP contribution in [0, 0.1) is 0 Å². The maximum Gasteiger partial charge on any atom is 0.306 e. The second-order valence-electron chi connectivity index (χ2n) is 12.3. The van der Waals surface area contributed by atoms with Crippen molar-refractivity contribution in [1.29, 1.82) is 0 Å². The fourth-order valence-electron chi connectivity index (χ4n) is 4.26. The van der Waals surface area contributed by atoms with Gasteiger partial charge in [-0.25, -0.2) is 0 Å². The Morgan fingerprint density at radius 2 is 1.26 bits per heavy atom.